The molecule has 0 aliphatic heterocycles. The molecule has 0 fully saturated rings. The highest BCUT2D eigenvalue weighted by Gasteiger charge is 2.13. The van der Waals surface area contributed by atoms with Gasteiger partial charge in [0.05, 0.1) is 20.0 Å². The van der Waals surface area contributed by atoms with Crippen molar-refractivity contribution in [2.24, 2.45) is 0 Å². The molecule has 7 nitrogen and oxygen atoms in total. The summed E-state index contributed by atoms with van der Waals surface area (Å²) in [6.45, 7) is 0. The lowest BCUT2D eigenvalue weighted by atomic mass is 10.2. The van der Waals surface area contributed by atoms with E-state index < -0.39 is 0 Å². The molecular formula is C18H16ClN3O4S. The lowest BCUT2D eigenvalue weighted by Gasteiger charge is -2.05. The first-order chi connectivity index (χ1) is 13.1. The smallest absolute Gasteiger partial charge is 0.277 e. The van der Waals surface area contributed by atoms with E-state index in [0.29, 0.717) is 33.7 Å². The summed E-state index contributed by atoms with van der Waals surface area (Å²) in [5.41, 5.74) is 1.29. The zero-order valence-electron chi connectivity index (χ0n) is 14.6. The number of halogens is 1. The number of rotatable bonds is 7. The molecule has 1 amide bonds. The van der Waals surface area contributed by atoms with Gasteiger partial charge in [-0.05, 0) is 30.3 Å². The van der Waals surface area contributed by atoms with Crippen LogP contribution in [0.15, 0.2) is 52.1 Å². The van der Waals surface area contributed by atoms with Gasteiger partial charge in [-0.1, -0.05) is 29.4 Å². The summed E-state index contributed by atoms with van der Waals surface area (Å²) >= 11 is 7.04. The van der Waals surface area contributed by atoms with E-state index in [0.717, 1.165) is 11.8 Å². The average molecular weight is 406 g/mol. The van der Waals surface area contributed by atoms with E-state index >= 15 is 0 Å². The maximum Gasteiger partial charge on any atom is 0.277 e. The molecule has 1 heterocycles. The predicted molar refractivity (Wildman–Crippen MR) is 104 cm³/mol. The first kappa shape index (κ1) is 19.1. The van der Waals surface area contributed by atoms with Crippen molar-refractivity contribution in [1.29, 1.82) is 0 Å². The van der Waals surface area contributed by atoms with Gasteiger partial charge in [-0.2, -0.15) is 0 Å². The quantitative estimate of drug-likeness (QED) is 0.591. The van der Waals surface area contributed by atoms with Crippen LogP contribution in [0.3, 0.4) is 0 Å². The molecule has 0 spiro atoms. The second-order valence-corrected chi connectivity index (χ2v) is 6.68. The fraction of sp³-hybridized carbons (Fsp3) is 0.167. The number of thioether (sulfide) groups is 1. The summed E-state index contributed by atoms with van der Waals surface area (Å²) in [6, 6.07) is 12.2. The van der Waals surface area contributed by atoms with Crippen LogP contribution in [0.1, 0.15) is 0 Å². The van der Waals surface area contributed by atoms with Gasteiger partial charge in [0.2, 0.25) is 11.8 Å². The van der Waals surface area contributed by atoms with Gasteiger partial charge < -0.3 is 19.2 Å². The van der Waals surface area contributed by atoms with Gasteiger partial charge in [-0.25, -0.2) is 0 Å². The van der Waals surface area contributed by atoms with Crippen molar-refractivity contribution in [3.8, 4) is 23.0 Å². The van der Waals surface area contributed by atoms with Crippen molar-refractivity contribution in [2.45, 2.75) is 5.22 Å². The third-order valence-corrected chi connectivity index (χ3v) is 4.49. The molecule has 0 atom stereocenters. The Kier molecular flexibility index (Phi) is 6.20. The third-order valence-electron chi connectivity index (χ3n) is 3.44. The van der Waals surface area contributed by atoms with Crippen LogP contribution in [0.4, 0.5) is 5.69 Å². The van der Waals surface area contributed by atoms with Crippen molar-refractivity contribution < 1.29 is 18.7 Å². The van der Waals surface area contributed by atoms with E-state index in [1.54, 1.807) is 56.7 Å². The molecule has 0 aliphatic carbocycles. The second-order valence-electron chi connectivity index (χ2n) is 5.32. The minimum absolute atomic E-state index is 0.121. The molecule has 27 heavy (non-hydrogen) atoms. The number of aromatic nitrogens is 2. The average Bonchev–Trinajstić information content (AvgIpc) is 3.15. The maximum atomic E-state index is 12.0. The fourth-order valence-electron chi connectivity index (χ4n) is 2.21. The number of ether oxygens (including phenoxy) is 2. The van der Waals surface area contributed by atoms with E-state index in [9.17, 15) is 4.79 Å². The number of hydrogen-bond acceptors (Lipinski definition) is 7. The molecule has 0 unspecified atom stereocenters. The van der Waals surface area contributed by atoms with Gasteiger partial charge in [-0.15, -0.1) is 10.2 Å². The van der Waals surface area contributed by atoms with Crippen LogP contribution in [-0.4, -0.2) is 36.1 Å². The zero-order chi connectivity index (χ0) is 19.2. The lowest BCUT2D eigenvalue weighted by Crippen LogP contribution is -2.13. The summed E-state index contributed by atoms with van der Waals surface area (Å²) < 4.78 is 16.1. The summed E-state index contributed by atoms with van der Waals surface area (Å²) in [4.78, 5) is 12.0. The molecule has 0 saturated heterocycles. The number of benzene rings is 2. The molecule has 3 aromatic rings. The van der Waals surface area contributed by atoms with Gasteiger partial charge in [0.15, 0.2) is 0 Å². The van der Waals surface area contributed by atoms with Gasteiger partial charge in [-0.3, -0.25) is 4.79 Å². The van der Waals surface area contributed by atoms with Crippen molar-refractivity contribution in [3.63, 3.8) is 0 Å². The Hall–Kier alpha value is -2.71. The van der Waals surface area contributed by atoms with Crippen LogP contribution in [0.2, 0.25) is 5.02 Å². The number of nitrogens with one attached hydrogen (secondary N) is 1. The van der Waals surface area contributed by atoms with E-state index in [1.165, 1.54) is 0 Å². The summed E-state index contributed by atoms with van der Waals surface area (Å²) in [7, 11) is 3.12. The van der Waals surface area contributed by atoms with Crippen LogP contribution in [-0.2, 0) is 4.79 Å². The Morgan fingerprint density at radius 3 is 2.56 bits per heavy atom. The van der Waals surface area contributed by atoms with E-state index in [-0.39, 0.29) is 16.9 Å². The highest BCUT2D eigenvalue weighted by atomic mass is 35.5. The van der Waals surface area contributed by atoms with Crippen LogP contribution >= 0.6 is 23.4 Å². The van der Waals surface area contributed by atoms with Gasteiger partial charge >= 0.3 is 0 Å². The number of amides is 1. The van der Waals surface area contributed by atoms with Crippen LogP contribution in [0, 0.1) is 0 Å². The van der Waals surface area contributed by atoms with E-state index in [4.69, 9.17) is 25.5 Å². The SMILES string of the molecule is COc1cc(OC)cc(-c2nnc(SCC(=O)Nc3cccc(Cl)c3)o2)c1. The summed E-state index contributed by atoms with van der Waals surface area (Å²) in [6.07, 6.45) is 0. The van der Waals surface area contributed by atoms with Gasteiger partial charge in [0, 0.05) is 22.3 Å². The second kappa shape index (κ2) is 8.79. The summed E-state index contributed by atoms with van der Waals surface area (Å²) in [5.74, 6) is 1.44. The minimum Gasteiger partial charge on any atom is -0.497 e. The number of hydrogen-bond donors (Lipinski definition) is 1. The Morgan fingerprint density at radius 2 is 1.89 bits per heavy atom. The Bertz CT molecular complexity index is 926. The lowest BCUT2D eigenvalue weighted by molar-refractivity contribution is -0.113. The molecule has 1 N–H and O–H groups in total. The molecule has 0 bridgehead atoms. The minimum atomic E-state index is -0.204. The first-order valence-electron chi connectivity index (χ1n) is 7.82. The van der Waals surface area contributed by atoms with Crippen molar-refractivity contribution in [1.82, 2.24) is 10.2 Å². The Balaban J connectivity index is 1.63. The van der Waals surface area contributed by atoms with Crippen LogP contribution in [0.25, 0.3) is 11.5 Å². The molecule has 9 heteroatoms. The number of carbonyl (C=O) groups is 1. The molecule has 0 radical (unpaired) electrons. The Morgan fingerprint density at radius 1 is 1.15 bits per heavy atom. The predicted octanol–water partition coefficient (Wildman–Crippen LogP) is 4.14. The van der Waals surface area contributed by atoms with Crippen LogP contribution in [0.5, 0.6) is 11.5 Å². The topological polar surface area (TPSA) is 86.5 Å². The molecule has 0 saturated carbocycles. The standard InChI is InChI=1S/C18H16ClN3O4S/c1-24-14-6-11(7-15(9-14)25-2)17-21-22-18(26-17)27-10-16(23)20-13-5-3-4-12(19)8-13/h3-9H,10H2,1-2H3,(H,20,23). The molecule has 2 aromatic carbocycles. The first-order valence-corrected chi connectivity index (χ1v) is 9.19. The van der Waals surface area contributed by atoms with Crippen molar-refractivity contribution in [2.75, 3.05) is 25.3 Å². The Labute approximate surface area is 165 Å². The van der Waals surface area contributed by atoms with Crippen molar-refractivity contribution in [3.05, 3.63) is 47.5 Å². The van der Waals surface area contributed by atoms with E-state index in [2.05, 4.69) is 15.5 Å². The molecule has 0 aliphatic rings. The molecule has 140 valence electrons. The van der Waals surface area contributed by atoms with Crippen molar-refractivity contribution >= 4 is 35.0 Å². The van der Waals surface area contributed by atoms with Gasteiger partial charge in [0.25, 0.3) is 5.22 Å². The third kappa shape index (κ3) is 5.15. The fourth-order valence-corrected chi connectivity index (χ4v) is 2.96. The largest absolute Gasteiger partial charge is 0.497 e. The normalized spacial score (nSPS) is 10.5. The molecule has 1 aromatic heterocycles. The maximum absolute atomic E-state index is 12.0. The highest BCUT2D eigenvalue weighted by Crippen LogP contribution is 2.30. The summed E-state index contributed by atoms with van der Waals surface area (Å²) in [5, 5.41) is 11.6. The number of methoxy groups -OCH3 is 2. The molecular weight excluding hydrogens is 390 g/mol. The van der Waals surface area contributed by atoms with Gasteiger partial charge in [0.1, 0.15) is 11.5 Å². The molecule has 3 rings (SSSR count). The van der Waals surface area contributed by atoms with Crippen LogP contribution < -0.4 is 14.8 Å². The number of anilines is 1. The number of nitrogens with zero attached hydrogens (tertiary/aromatic N) is 2. The van der Waals surface area contributed by atoms with E-state index in [1.807, 2.05) is 0 Å². The highest BCUT2D eigenvalue weighted by molar-refractivity contribution is 7.99. The zero-order valence-corrected chi connectivity index (χ0v) is 16.1. The monoisotopic (exact) mass is 405 g/mol. The number of carbonyl (C=O) groups excluding carboxylic acids is 1.